The molecule has 2 heterocycles. The third kappa shape index (κ3) is 4.59. The Kier molecular flexibility index (Phi) is 7.43. The molecule has 0 spiro atoms. The van der Waals surface area contributed by atoms with Crippen molar-refractivity contribution in [1.29, 1.82) is 15.8 Å². The van der Waals surface area contributed by atoms with Gasteiger partial charge in [0.05, 0.1) is 58.0 Å². The van der Waals surface area contributed by atoms with Crippen molar-refractivity contribution in [3.8, 4) is 23.9 Å². The number of benzene rings is 4. The van der Waals surface area contributed by atoms with Crippen LogP contribution in [0.4, 0.5) is 5.69 Å². The van der Waals surface area contributed by atoms with E-state index in [2.05, 4.69) is 144 Å². The van der Waals surface area contributed by atoms with Crippen LogP contribution in [0.15, 0.2) is 151 Å². The Labute approximate surface area is 303 Å². The second-order valence-corrected chi connectivity index (χ2v) is 14.2. The van der Waals surface area contributed by atoms with E-state index in [0.29, 0.717) is 11.1 Å². The molecule has 1 aliphatic heterocycles. The van der Waals surface area contributed by atoms with Gasteiger partial charge in [-0.2, -0.15) is 15.8 Å². The van der Waals surface area contributed by atoms with Gasteiger partial charge < -0.3 is 9.47 Å². The monoisotopic (exact) mass is 669 g/mol. The smallest absolute Gasteiger partial charge is 0.0998 e. The molecule has 0 amide bonds. The summed E-state index contributed by atoms with van der Waals surface area (Å²) in [4.78, 5) is 2.41. The van der Waals surface area contributed by atoms with Gasteiger partial charge in [0, 0.05) is 39.9 Å². The average Bonchev–Trinajstić information content (AvgIpc) is 3.57. The van der Waals surface area contributed by atoms with Crippen LogP contribution in [-0.2, 0) is 5.41 Å². The van der Waals surface area contributed by atoms with Crippen molar-refractivity contribution in [2.45, 2.75) is 37.6 Å². The van der Waals surface area contributed by atoms with E-state index in [4.69, 9.17) is 0 Å². The van der Waals surface area contributed by atoms with Gasteiger partial charge in [-0.15, -0.1) is 0 Å². The van der Waals surface area contributed by atoms with Gasteiger partial charge in [0.25, 0.3) is 0 Å². The third-order valence-electron chi connectivity index (χ3n) is 11.6. The van der Waals surface area contributed by atoms with Gasteiger partial charge >= 0.3 is 0 Å². The summed E-state index contributed by atoms with van der Waals surface area (Å²) >= 11 is 0. The van der Waals surface area contributed by atoms with E-state index >= 15 is 0 Å². The lowest BCUT2D eigenvalue weighted by molar-refractivity contribution is 0.412. The summed E-state index contributed by atoms with van der Waals surface area (Å²) in [6.07, 6.45) is 22.0. The van der Waals surface area contributed by atoms with Crippen molar-refractivity contribution in [2.75, 3.05) is 4.90 Å². The number of aromatic nitrogens is 1. The highest BCUT2D eigenvalue weighted by Gasteiger charge is 2.45. The molecule has 5 heteroatoms. The van der Waals surface area contributed by atoms with Gasteiger partial charge in [-0.1, -0.05) is 104 Å². The molecule has 5 nitrogen and oxygen atoms in total. The van der Waals surface area contributed by atoms with E-state index < -0.39 is 5.41 Å². The molecule has 4 aliphatic rings. The van der Waals surface area contributed by atoms with Crippen molar-refractivity contribution >= 4 is 33.1 Å². The summed E-state index contributed by atoms with van der Waals surface area (Å²) < 4.78 is 2.28. The average molecular weight is 670 g/mol. The van der Waals surface area contributed by atoms with Crippen LogP contribution < -0.4 is 4.90 Å². The van der Waals surface area contributed by atoms with E-state index in [1.54, 1.807) is 0 Å². The van der Waals surface area contributed by atoms with Crippen LogP contribution >= 0.6 is 0 Å². The van der Waals surface area contributed by atoms with Crippen LogP contribution in [0.1, 0.15) is 48.4 Å². The van der Waals surface area contributed by atoms with Gasteiger partial charge in [-0.3, -0.25) is 0 Å². The van der Waals surface area contributed by atoms with E-state index in [0.717, 1.165) is 69.1 Å². The minimum atomic E-state index is -0.733. The standard InChI is InChI=1S/C47H35N5/c1-47(41-16-7-10-21-46(41)52-44-20-9-6-15-38(44)39-26-31(28-48)22-25-45(39)52)33(30-50)12-11-17-40(47)35-24-23-34(27-32(35)29-49)51-42-18-4-2-3-13-36(42)37-14-5-8-19-43(37)51/h2-10,13-17,19-27,33,37,43H,11-12,18H2,1H3. The number of anilines is 1. The zero-order valence-electron chi connectivity index (χ0n) is 28.9. The van der Waals surface area contributed by atoms with E-state index in [-0.39, 0.29) is 17.9 Å². The Hall–Kier alpha value is -6.61. The minimum absolute atomic E-state index is 0.146. The molecule has 4 atom stereocenters. The number of hydrogen-bond donors (Lipinski definition) is 0. The SMILES string of the molecule is CC1(c2ccccc2-n2c3ccccc3c3cc(C#N)ccc32)C(c2ccc(N3C4=C(C=CC=CC4)C4C=CC=CC43)cc2C#N)=CCCC1C#N. The Morgan fingerprint density at radius 2 is 1.62 bits per heavy atom. The predicted octanol–water partition coefficient (Wildman–Crippen LogP) is 10.5. The maximum atomic E-state index is 10.8. The summed E-state index contributed by atoms with van der Waals surface area (Å²) in [5.41, 5.74) is 10.0. The second-order valence-electron chi connectivity index (χ2n) is 14.2. The van der Waals surface area contributed by atoms with Crippen LogP contribution in [0.5, 0.6) is 0 Å². The number of hydrogen-bond acceptors (Lipinski definition) is 4. The zero-order chi connectivity index (χ0) is 35.4. The molecular formula is C47H35N5. The second kappa shape index (κ2) is 12.3. The molecule has 0 bridgehead atoms. The highest BCUT2D eigenvalue weighted by molar-refractivity contribution is 6.09. The van der Waals surface area contributed by atoms with Gasteiger partial charge in [0.1, 0.15) is 0 Å². The lowest BCUT2D eigenvalue weighted by Gasteiger charge is -2.42. The first-order valence-electron chi connectivity index (χ1n) is 17.9. The van der Waals surface area contributed by atoms with Gasteiger partial charge in [-0.25, -0.2) is 0 Å². The lowest BCUT2D eigenvalue weighted by atomic mass is 9.60. The largest absolute Gasteiger partial charge is 0.337 e. The van der Waals surface area contributed by atoms with Crippen LogP contribution in [0.3, 0.4) is 0 Å². The van der Waals surface area contributed by atoms with Crippen molar-refractivity contribution in [3.63, 3.8) is 0 Å². The quantitative estimate of drug-likeness (QED) is 0.191. The van der Waals surface area contributed by atoms with Crippen molar-refractivity contribution in [2.24, 2.45) is 11.8 Å². The normalized spacial score (nSPS) is 23.2. The molecule has 52 heavy (non-hydrogen) atoms. The molecule has 4 unspecified atom stereocenters. The van der Waals surface area contributed by atoms with Crippen LogP contribution in [0.25, 0.3) is 33.1 Å². The fourth-order valence-corrected chi connectivity index (χ4v) is 9.23. The van der Waals surface area contributed by atoms with Crippen molar-refractivity contribution < 1.29 is 0 Å². The maximum absolute atomic E-state index is 10.8. The molecule has 0 saturated carbocycles. The molecule has 0 radical (unpaired) electrons. The molecule has 3 aliphatic carbocycles. The van der Waals surface area contributed by atoms with Crippen molar-refractivity contribution in [1.82, 2.24) is 4.57 Å². The number of rotatable bonds is 4. The Balaban J connectivity index is 1.22. The topological polar surface area (TPSA) is 79.5 Å². The van der Waals surface area contributed by atoms with Crippen LogP contribution in [0.2, 0.25) is 0 Å². The van der Waals surface area contributed by atoms with Gasteiger partial charge in [-0.05, 0) is 77.6 Å². The first-order chi connectivity index (χ1) is 25.6. The van der Waals surface area contributed by atoms with Crippen LogP contribution in [0, 0.1) is 45.8 Å². The number of para-hydroxylation sites is 2. The summed E-state index contributed by atoms with van der Waals surface area (Å²) in [6, 6.07) is 36.6. The molecule has 248 valence electrons. The molecule has 5 aromatic rings. The number of fused-ring (bicyclic) bond motifs is 5. The Morgan fingerprint density at radius 1 is 0.788 bits per heavy atom. The van der Waals surface area contributed by atoms with E-state index in [1.807, 2.05) is 30.3 Å². The fourth-order valence-electron chi connectivity index (χ4n) is 9.23. The first-order valence-corrected chi connectivity index (χ1v) is 17.9. The van der Waals surface area contributed by atoms with Crippen LogP contribution in [-0.4, -0.2) is 10.6 Å². The summed E-state index contributed by atoms with van der Waals surface area (Å²) in [7, 11) is 0. The third-order valence-corrected chi connectivity index (χ3v) is 11.6. The van der Waals surface area contributed by atoms with Gasteiger partial charge in [0.15, 0.2) is 0 Å². The lowest BCUT2D eigenvalue weighted by Crippen LogP contribution is -2.36. The molecule has 0 N–H and O–H groups in total. The number of allylic oxidation sites excluding steroid dienone is 8. The molecule has 0 fully saturated rings. The number of nitrogens with zero attached hydrogens (tertiary/aromatic N) is 5. The fraction of sp³-hybridized carbons (Fsp3) is 0.170. The Bertz CT molecular complexity index is 2640. The Morgan fingerprint density at radius 3 is 2.48 bits per heavy atom. The number of nitriles is 3. The molecule has 1 aromatic heterocycles. The summed E-state index contributed by atoms with van der Waals surface area (Å²) in [5.74, 6) is -0.0696. The molecule has 9 rings (SSSR count). The van der Waals surface area contributed by atoms with Crippen molar-refractivity contribution in [3.05, 3.63) is 173 Å². The van der Waals surface area contributed by atoms with Gasteiger partial charge in [0.2, 0.25) is 0 Å². The summed E-state index contributed by atoms with van der Waals surface area (Å²) in [6.45, 7) is 2.19. The van der Waals surface area contributed by atoms with E-state index in [9.17, 15) is 15.8 Å². The summed E-state index contributed by atoms with van der Waals surface area (Å²) in [5, 5.41) is 33.5. The zero-order valence-corrected chi connectivity index (χ0v) is 28.9. The predicted molar refractivity (Wildman–Crippen MR) is 208 cm³/mol. The maximum Gasteiger partial charge on any atom is 0.0998 e. The molecule has 0 saturated heterocycles. The molecule has 4 aromatic carbocycles. The highest BCUT2D eigenvalue weighted by atomic mass is 15.2. The van der Waals surface area contributed by atoms with E-state index in [1.165, 1.54) is 11.3 Å². The first kappa shape index (κ1) is 31.4. The highest BCUT2D eigenvalue weighted by Crippen LogP contribution is 2.52. The minimum Gasteiger partial charge on any atom is -0.337 e. The molecular weight excluding hydrogens is 635 g/mol.